The second kappa shape index (κ2) is 8.65. The van der Waals surface area contributed by atoms with E-state index in [0.29, 0.717) is 18.2 Å². The zero-order valence-corrected chi connectivity index (χ0v) is 16.9. The van der Waals surface area contributed by atoms with E-state index in [1.165, 1.54) is 5.56 Å². The molecule has 1 heterocycles. The maximum absolute atomic E-state index is 12.8. The number of nitrogens with one attached hydrogen (secondary N) is 1. The highest BCUT2D eigenvalue weighted by atomic mass is 16.1. The van der Waals surface area contributed by atoms with E-state index in [4.69, 9.17) is 0 Å². The van der Waals surface area contributed by atoms with Crippen LogP contribution in [-0.2, 0) is 6.54 Å². The predicted molar refractivity (Wildman–Crippen MR) is 114 cm³/mol. The Morgan fingerprint density at radius 2 is 1.75 bits per heavy atom. The van der Waals surface area contributed by atoms with Crippen molar-refractivity contribution in [2.45, 2.75) is 34.2 Å². The van der Waals surface area contributed by atoms with Crippen LogP contribution in [0.2, 0.25) is 0 Å². The molecule has 0 fully saturated rings. The molecule has 0 aliphatic heterocycles. The number of hydrogen-bond donors (Lipinski definition) is 1. The zero-order valence-electron chi connectivity index (χ0n) is 16.9. The van der Waals surface area contributed by atoms with E-state index in [-0.39, 0.29) is 5.91 Å². The zero-order chi connectivity index (χ0) is 20.1. The van der Waals surface area contributed by atoms with Crippen LogP contribution in [0.5, 0.6) is 0 Å². The average molecular weight is 374 g/mol. The lowest BCUT2D eigenvalue weighted by atomic mass is 10.1. The summed E-state index contributed by atoms with van der Waals surface area (Å²) in [6, 6.07) is 17.9. The SMILES string of the molecule is CCN(Cc1ccccc1)c1nc(C)cc(C(=O)Nc2ccc(C)cc2C)n1. The second-order valence-corrected chi connectivity index (χ2v) is 6.97. The van der Waals surface area contributed by atoms with Crippen molar-refractivity contribution in [1.29, 1.82) is 0 Å². The largest absolute Gasteiger partial charge is 0.337 e. The third-order valence-corrected chi connectivity index (χ3v) is 4.59. The molecule has 2 aromatic carbocycles. The molecule has 0 spiro atoms. The van der Waals surface area contributed by atoms with Gasteiger partial charge in [-0.05, 0) is 51.0 Å². The second-order valence-electron chi connectivity index (χ2n) is 6.97. The number of hydrogen-bond acceptors (Lipinski definition) is 4. The van der Waals surface area contributed by atoms with Gasteiger partial charge in [-0.25, -0.2) is 9.97 Å². The fourth-order valence-corrected chi connectivity index (χ4v) is 3.08. The first-order valence-corrected chi connectivity index (χ1v) is 9.49. The maximum atomic E-state index is 12.8. The molecular formula is C23H26N4O. The van der Waals surface area contributed by atoms with Gasteiger partial charge < -0.3 is 10.2 Å². The van der Waals surface area contributed by atoms with E-state index in [1.807, 2.05) is 57.2 Å². The van der Waals surface area contributed by atoms with Crippen molar-refractivity contribution in [2.75, 3.05) is 16.8 Å². The van der Waals surface area contributed by atoms with Crippen LogP contribution in [0.3, 0.4) is 0 Å². The molecule has 5 nitrogen and oxygen atoms in total. The van der Waals surface area contributed by atoms with Crippen molar-refractivity contribution in [3.8, 4) is 0 Å². The smallest absolute Gasteiger partial charge is 0.274 e. The number of anilines is 2. The first-order valence-electron chi connectivity index (χ1n) is 9.49. The first kappa shape index (κ1) is 19.5. The number of carbonyl (C=O) groups is 1. The van der Waals surface area contributed by atoms with Gasteiger partial charge in [0.1, 0.15) is 5.69 Å². The van der Waals surface area contributed by atoms with E-state index in [0.717, 1.165) is 29.1 Å². The van der Waals surface area contributed by atoms with Gasteiger partial charge in [0.25, 0.3) is 5.91 Å². The molecule has 5 heteroatoms. The highest BCUT2D eigenvalue weighted by Crippen LogP contribution is 2.18. The number of aryl methyl sites for hydroxylation is 3. The molecule has 0 bridgehead atoms. The summed E-state index contributed by atoms with van der Waals surface area (Å²) in [5.74, 6) is 0.339. The molecule has 1 amide bonds. The van der Waals surface area contributed by atoms with Crippen molar-refractivity contribution < 1.29 is 4.79 Å². The number of benzene rings is 2. The minimum atomic E-state index is -0.227. The molecule has 1 N–H and O–H groups in total. The molecule has 0 aliphatic carbocycles. The molecule has 0 saturated heterocycles. The van der Waals surface area contributed by atoms with Crippen molar-refractivity contribution >= 4 is 17.5 Å². The van der Waals surface area contributed by atoms with Gasteiger partial charge in [-0.1, -0.05) is 48.0 Å². The van der Waals surface area contributed by atoms with Gasteiger partial charge in [0, 0.05) is 24.5 Å². The third kappa shape index (κ3) is 4.74. The fraction of sp³-hybridized carbons (Fsp3) is 0.261. The molecule has 3 aromatic rings. The fourth-order valence-electron chi connectivity index (χ4n) is 3.08. The highest BCUT2D eigenvalue weighted by molar-refractivity contribution is 6.03. The Morgan fingerprint density at radius 1 is 1.00 bits per heavy atom. The molecule has 144 valence electrons. The number of amides is 1. The minimum Gasteiger partial charge on any atom is -0.337 e. The lowest BCUT2D eigenvalue weighted by Crippen LogP contribution is -2.26. The van der Waals surface area contributed by atoms with Gasteiger partial charge >= 0.3 is 0 Å². The number of carbonyl (C=O) groups excluding carboxylic acids is 1. The molecule has 0 radical (unpaired) electrons. The topological polar surface area (TPSA) is 58.1 Å². The minimum absolute atomic E-state index is 0.227. The normalized spacial score (nSPS) is 10.6. The summed E-state index contributed by atoms with van der Waals surface area (Å²) in [5, 5.41) is 2.97. The van der Waals surface area contributed by atoms with Crippen LogP contribution in [0.25, 0.3) is 0 Å². The molecule has 0 atom stereocenters. The summed E-state index contributed by atoms with van der Waals surface area (Å²) in [4.78, 5) is 24.0. The Labute approximate surface area is 166 Å². The molecule has 0 aliphatic rings. The number of aromatic nitrogens is 2. The Balaban J connectivity index is 1.84. The van der Waals surface area contributed by atoms with E-state index < -0.39 is 0 Å². The standard InChI is InChI=1S/C23H26N4O/c1-5-27(15-19-9-7-6-8-10-19)23-24-18(4)14-21(26-23)22(28)25-20-12-11-16(2)13-17(20)3/h6-14H,5,15H2,1-4H3,(H,25,28). The van der Waals surface area contributed by atoms with Crippen molar-refractivity contribution in [3.05, 3.63) is 82.7 Å². The van der Waals surface area contributed by atoms with Crippen LogP contribution < -0.4 is 10.2 Å². The van der Waals surface area contributed by atoms with Crippen molar-refractivity contribution in [3.63, 3.8) is 0 Å². The monoisotopic (exact) mass is 374 g/mol. The van der Waals surface area contributed by atoms with E-state index in [9.17, 15) is 4.79 Å². The summed E-state index contributed by atoms with van der Waals surface area (Å²) in [6.45, 7) is 9.40. The van der Waals surface area contributed by atoms with Gasteiger partial charge in [-0.3, -0.25) is 4.79 Å². The third-order valence-electron chi connectivity index (χ3n) is 4.59. The van der Waals surface area contributed by atoms with Crippen LogP contribution in [0.1, 0.15) is 39.8 Å². The van der Waals surface area contributed by atoms with E-state index in [2.05, 4.69) is 39.2 Å². The van der Waals surface area contributed by atoms with Gasteiger partial charge in [-0.15, -0.1) is 0 Å². The van der Waals surface area contributed by atoms with Gasteiger partial charge in [-0.2, -0.15) is 0 Å². The highest BCUT2D eigenvalue weighted by Gasteiger charge is 2.15. The molecule has 0 unspecified atom stereocenters. The van der Waals surface area contributed by atoms with Gasteiger partial charge in [0.2, 0.25) is 5.95 Å². The van der Waals surface area contributed by atoms with Crippen LogP contribution in [0, 0.1) is 20.8 Å². The molecule has 1 aromatic heterocycles. The molecule has 28 heavy (non-hydrogen) atoms. The lowest BCUT2D eigenvalue weighted by Gasteiger charge is -2.21. The molecular weight excluding hydrogens is 348 g/mol. The van der Waals surface area contributed by atoms with Crippen LogP contribution in [0.4, 0.5) is 11.6 Å². The lowest BCUT2D eigenvalue weighted by molar-refractivity contribution is 0.102. The van der Waals surface area contributed by atoms with Crippen LogP contribution in [0.15, 0.2) is 54.6 Å². The van der Waals surface area contributed by atoms with Gasteiger partial charge in [0.15, 0.2) is 0 Å². The Hall–Kier alpha value is -3.21. The summed E-state index contributed by atoms with van der Waals surface area (Å²) >= 11 is 0. The summed E-state index contributed by atoms with van der Waals surface area (Å²) < 4.78 is 0. The van der Waals surface area contributed by atoms with Crippen LogP contribution >= 0.6 is 0 Å². The number of nitrogens with zero attached hydrogens (tertiary/aromatic N) is 3. The van der Waals surface area contributed by atoms with E-state index in [1.54, 1.807) is 6.07 Å². The molecule has 0 saturated carbocycles. The Bertz CT molecular complexity index is 970. The summed E-state index contributed by atoms with van der Waals surface area (Å²) in [6.07, 6.45) is 0. The van der Waals surface area contributed by atoms with Crippen LogP contribution in [-0.4, -0.2) is 22.4 Å². The first-order chi connectivity index (χ1) is 13.5. The number of rotatable bonds is 6. The van der Waals surface area contributed by atoms with Gasteiger partial charge in [0.05, 0.1) is 0 Å². The molecule has 3 rings (SSSR count). The van der Waals surface area contributed by atoms with Crippen molar-refractivity contribution in [2.24, 2.45) is 0 Å². The average Bonchev–Trinajstić information content (AvgIpc) is 2.68. The maximum Gasteiger partial charge on any atom is 0.274 e. The predicted octanol–water partition coefficient (Wildman–Crippen LogP) is 4.68. The van der Waals surface area contributed by atoms with Crippen molar-refractivity contribution in [1.82, 2.24) is 9.97 Å². The summed E-state index contributed by atoms with van der Waals surface area (Å²) in [5.41, 5.74) is 5.30. The Kier molecular flexibility index (Phi) is 6.04. The van der Waals surface area contributed by atoms with E-state index >= 15 is 0 Å². The summed E-state index contributed by atoms with van der Waals surface area (Å²) in [7, 11) is 0. The Morgan fingerprint density at radius 3 is 2.43 bits per heavy atom. The quantitative estimate of drug-likeness (QED) is 0.680.